The quantitative estimate of drug-likeness (QED) is 0.532. The summed E-state index contributed by atoms with van der Waals surface area (Å²) in [7, 11) is 0. The highest BCUT2D eigenvalue weighted by Crippen LogP contribution is 2.52. The summed E-state index contributed by atoms with van der Waals surface area (Å²) in [6, 6.07) is 19.6. The molecule has 7 nitrogen and oxygen atoms in total. The Balaban J connectivity index is 1.46. The van der Waals surface area contributed by atoms with Gasteiger partial charge in [0.2, 0.25) is 17.7 Å². The van der Waals surface area contributed by atoms with Gasteiger partial charge in [-0.1, -0.05) is 65.7 Å². The first-order chi connectivity index (χ1) is 16.9. The molecule has 3 heterocycles. The van der Waals surface area contributed by atoms with Crippen LogP contribution in [0, 0.1) is 11.8 Å². The van der Waals surface area contributed by atoms with Crippen LogP contribution in [0.15, 0.2) is 77.9 Å². The van der Waals surface area contributed by atoms with Crippen molar-refractivity contribution in [2.75, 3.05) is 10.2 Å². The molecule has 3 aromatic carbocycles. The summed E-state index contributed by atoms with van der Waals surface area (Å²) in [5, 5.41) is 9.63. The van der Waals surface area contributed by atoms with E-state index in [1.54, 1.807) is 35.5 Å². The number of rotatable bonds is 3. The number of carbonyl (C=O) groups is 3. The third-order valence-corrected chi connectivity index (χ3v) is 7.15. The van der Waals surface area contributed by atoms with Gasteiger partial charge in [0.25, 0.3) is 0 Å². The van der Waals surface area contributed by atoms with Crippen LogP contribution in [0.1, 0.15) is 17.2 Å². The van der Waals surface area contributed by atoms with E-state index in [2.05, 4.69) is 10.4 Å². The molecule has 6 rings (SSSR count). The van der Waals surface area contributed by atoms with Gasteiger partial charge in [0.05, 0.1) is 29.8 Å². The van der Waals surface area contributed by atoms with Crippen LogP contribution in [0.3, 0.4) is 0 Å². The lowest BCUT2D eigenvalue weighted by Crippen LogP contribution is -2.46. The number of anilines is 2. The molecule has 174 valence electrons. The fourth-order valence-electron chi connectivity index (χ4n) is 5.33. The fraction of sp³-hybridized carbons (Fsp3) is 0.154. The highest BCUT2D eigenvalue weighted by Gasteiger charge is 2.65. The summed E-state index contributed by atoms with van der Waals surface area (Å²) in [4.78, 5) is 42.3. The molecule has 1 N–H and O–H groups in total. The van der Waals surface area contributed by atoms with Crippen LogP contribution < -0.4 is 10.2 Å². The second-order valence-corrected chi connectivity index (χ2v) is 9.56. The van der Waals surface area contributed by atoms with Crippen molar-refractivity contribution in [1.82, 2.24) is 5.01 Å². The Morgan fingerprint density at radius 1 is 0.857 bits per heavy atom. The number of amides is 3. The molecule has 0 radical (unpaired) electrons. The van der Waals surface area contributed by atoms with Gasteiger partial charge in [-0.2, -0.15) is 5.10 Å². The Bertz CT molecular complexity index is 1390. The molecule has 2 saturated heterocycles. The minimum absolute atomic E-state index is 0.285. The van der Waals surface area contributed by atoms with E-state index in [1.165, 1.54) is 18.2 Å². The zero-order valence-corrected chi connectivity index (χ0v) is 19.6. The van der Waals surface area contributed by atoms with Crippen molar-refractivity contribution in [3.8, 4) is 0 Å². The predicted octanol–water partition coefficient (Wildman–Crippen LogP) is 4.51. The number of imide groups is 1. The standard InChI is InChI=1S/C26H18Cl2N4O3/c27-15-10-16(28)12-18(11-15)31-25(34)20-21(26(31)35)23(24(33)30-17-7-2-1-3-8-17)32-22(20)19-9-5-4-6-14(19)13-29-32/h1-13,20-23H,(H,30,33)/t20-,21+,22-,23-/m1/s1. The normalized spacial score (nSPS) is 24.3. The summed E-state index contributed by atoms with van der Waals surface area (Å²) in [5.74, 6) is -3.02. The second-order valence-electron chi connectivity index (χ2n) is 8.69. The molecule has 35 heavy (non-hydrogen) atoms. The molecule has 0 saturated carbocycles. The van der Waals surface area contributed by atoms with Crippen LogP contribution in [0.2, 0.25) is 10.0 Å². The number of benzene rings is 3. The van der Waals surface area contributed by atoms with Crippen LogP contribution in [0.25, 0.3) is 0 Å². The SMILES string of the molecule is O=C(Nc1ccccc1)[C@H]1[C@H]2C(=O)N(c3cc(Cl)cc(Cl)c3)C(=O)[C@H]2[C@H]2c3ccccc3C=NN21. The van der Waals surface area contributed by atoms with Crippen molar-refractivity contribution in [2.24, 2.45) is 16.9 Å². The van der Waals surface area contributed by atoms with Crippen LogP contribution in [-0.4, -0.2) is 35.0 Å². The lowest BCUT2D eigenvalue weighted by Gasteiger charge is -2.33. The number of nitrogens with zero attached hydrogens (tertiary/aromatic N) is 3. The smallest absolute Gasteiger partial charge is 0.249 e. The Hall–Kier alpha value is -3.68. The molecule has 4 atom stereocenters. The van der Waals surface area contributed by atoms with E-state index in [-0.39, 0.29) is 5.69 Å². The van der Waals surface area contributed by atoms with Gasteiger partial charge in [-0.25, -0.2) is 4.90 Å². The second kappa shape index (κ2) is 8.22. The van der Waals surface area contributed by atoms with Crippen molar-refractivity contribution >= 4 is 58.5 Å². The van der Waals surface area contributed by atoms with E-state index in [1.807, 2.05) is 30.3 Å². The van der Waals surface area contributed by atoms with E-state index < -0.39 is 41.6 Å². The maximum atomic E-state index is 13.8. The monoisotopic (exact) mass is 504 g/mol. The number of halogens is 2. The number of hydrogen-bond acceptors (Lipinski definition) is 5. The summed E-state index contributed by atoms with van der Waals surface area (Å²) >= 11 is 12.3. The maximum absolute atomic E-state index is 13.8. The molecule has 0 bridgehead atoms. The van der Waals surface area contributed by atoms with Gasteiger partial charge < -0.3 is 5.32 Å². The van der Waals surface area contributed by atoms with Crippen molar-refractivity contribution in [3.63, 3.8) is 0 Å². The Labute approximate surface area is 210 Å². The molecule has 9 heteroatoms. The number of fused-ring (bicyclic) bond motifs is 5. The highest BCUT2D eigenvalue weighted by atomic mass is 35.5. The highest BCUT2D eigenvalue weighted by molar-refractivity contribution is 6.36. The molecular formula is C26H18Cl2N4O3. The van der Waals surface area contributed by atoms with Gasteiger partial charge >= 0.3 is 0 Å². The molecule has 0 unspecified atom stereocenters. The molecular weight excluding hydrogens is 487 g/mol. The topological polar surface area (TPSA) is 82.1 Å². The summed E-state index contributed by atoms with van der Waals surface area (Å²) in [5.41, 5.74) is 2.57. The third-order valence-electron chi connectivity index (χ3n) is 6.71. The summed E-state index contributed by atoms with van der Waals surface area (Å²) in [6.45, 7) is 0. The zero-order chi connectivity index (χ0) is 24.3. The molecule has 3 aromatic rings. The molecule has 3 aliphatic heterocycles. The first-order valence-corrected chi connectivity index (χ1v) is 11.8. The number of hydrazone groups is 1. The van der Waals surface area contributed by atoms with E-state index in [0.717, 1.165) is 16.0 Å². The van der Waals surface area contributed by atoms with Gasteiger partial charge in [-0.05, 0) is 41.5 Å². The number of carbonyl (C=O) groups excluding carboxylic acids is 3. The summed E-state index contributed by atoms with van der Waals surface area (Å²) < 4.78 is 0. The molecule has 3 amide bonds. The average molecular weight is 505 g/mol. The van der Waals surface area contributed by atoms with E-state index in [4.69, 9.17) is 23.2 Å². The molecule has 3 aliphatic rings. The largest absolute Gasteiger partial charge is 0.324 e. The number of hydrogen-bond donors (Lipinski definition) is 1. The van der Waals surface area contributed by atoms with Gasteiger partial charge in [0, 0.05) is 15.7 Å². The molecule has 0 aromatic heterocycles. The Kier molecular flexibility index (Phi) is 5.12. The van der Waals surface area contributed by atoms with Gasteiger partial charge in [-0.3, -0.25) is 19.4 Å². The van der Waals surface area contributed by atoms with Crippen molar-refractivity contribution in [3.05, 3.63) is 94.0 Å². The van der Waals surface area contributed by atoms with Gasteiger partial charge in [-0.15, -0.1) is 0 Å². The zero-order valence-electron chi connectivity index (χ0n) is 18.1. The molecule has 0 aliphatic carbocycles. The maximum Gasteiger partial charge on any atom is 0.249 e. The first kappa shape index (κ1) is 21.8. The van der Waals surface area contributed by atoms with E-state index in [9.17, 15) is 14.4 Å². The predicted molar refractivity (Wildman–Crippen MR) is 133 cm³/mol. The first-order valence-electron chi connectivity index (χ1n) is 11.0. The molecule has 2 fully saturated rings. The lowest BCUT2D eigenvalue weighted by atomic mass is 9.85. The van der Waals surface area contributed by atoms with Crippen molar-refractivity contribution in [1.29, 1.82) is 0 Å². The van der Waals surface area contributed by atoms with Crippen LogP contribution >= 0.6 is 23.2 Å². The average Bonchev–Trinajstić information content (AvgIpc) is 3.31. The molecule has 0 spiro atoms. The number of para-hydroxylation sites is 1. The number of nitrogens with one attached hydrogen (secondary N) is 1. The van der Waals surface area contributed by atoms with Crippen molar-refractivity contribution in [2.45, 2.75) is 12.1 Å². The van der Waals surface area contributed by atoms with Crippen LogP contribution in [0.4, 0.5) is 11.4 Å². The minimum atomic E-state index is -0.981. The minimum Gasteiger partial charge on any atom is -0.324 e. The Morgan fingerprint density at radius 2 is 1.51 bits per heavy atom. The third kappa shape index (κ3) is 3.42. The van der Waals surface area contributed by atoms with Gasteiger partial charge in [0.15, 0.2) is 0 Å². The fourth-order valence-corrected chi connectivity index (χ4v) is 5.84. The summed E-state index contributed by atoms with van der Waals surface area (Å²) in [6.07, 6.45) is 1.67. The van der Waals surface area contributed by atoms with Crippen LogP contribution in [0.5, 0.6) is 0 Å². The van der Waals surface area contributed by atoms with E-state index >= 15 is 0 Å². The lowest BCUT2D eigenvalue weighted by molar-refractivity contribution is -0.129. The van der Waals surface area contributed by atoms with Crippen molar-refractivity contribution < 1.29 is 14.4 Å². The Morgan fingerprint density at radius 3 is 2.26 bits per heavy atom. The van der Waals surface area contributed by atoms with Gasteiger partial charge in [0.1, 0.15) is 6.04 Å². The van der Waals surface area contributed by atoms with E-state index in [0.29, 0.717) is 15.7 Å². The van der Waals surface area contributed by atoms with Crippen LogP contribution in [-0.2, 0) is 14.4 Å².